The summed E-state index contributed by atoms with van der Waals surface area (Å²) in [4.78, 5) is 12.4. The van der Waals surface area contributed by atoms with Crippen LogP contribution in [0.15, 0.2) is 46.0 Å². The maximum Gasteiger partial charge on any atom is 0.277 e. The minimum Gasteiger partial charge on any atom is -0.493 e. The van der Waals surface area contributed by atoms with Gasteiger partial charge in [0, 0.05) is 16.3 Å². The molecular weight excluding hydrogens is 430 g/mol. The average molecular weight is 450 g/mol. The number of amides is 1. The second-order valence-electron chi connectivity index (χ2n) is 6.05. The highest BCUT2D eigenvalue weighted by atomic mass is 35.5. The molecule has 10 heteroatoms. The molecule has 0 fully saturated rings. The summed E-state index contributed by atoms with van der Waals surface area (Å²) in [5, 5.41) is 11.2. The fourth-order valence-corrected chi connectivity index (χ4v) is 3.47. The Balaban J connectivity index is 1.74. The van der Waals surface area contributed by atoms with Gasteiger partial charge in [-0.1, -0.05) is 29.4 Å². The Morgan fingerprint density at radius 1 is 1.10 bits per heavy atom. The van der Waals surface area contributed by atoms with E-state index in [-0.39, 0.29) is 17.0 Å². The number of carbonyl (C=O) groups is 1. The summed E-state index contributed by atoms with van der Waals surface area (Å²) in [6.07, 6.45) is 0. The molecule has 0 bridgehead atoms. The number of methoxy groups -OCH3 is 3. The van der Waals surface area contributed by atoms with Crippen LogP contribution in [0.25, 0.3) is 11.5 Å². The van der Waals surface area contributed by atoms with E-state index in [4.69, 9.17) is 30.2 Å². The van der Waals surface area contributed by atoms with E-state index in [9.17, 15) is 4.79 Å². The first-order valence-corrected chi connectivity index (χ1v) is 10.1. The number of nitrogens with one attached hydrogen (secondary N) is 1. The van der Waals surface area contributed by atoms with E-state index in [0.29, 0.717) is 33.5 Å². The first-order valence-electron chi connectivity index (χ1n) is 8.82. The van der Waals surface area contributed by atoms with Crippen LogP contribution in [-0.2, 0) is 4.79 Å². The Bertz CT molecular complexity index is 1020. The van der Waals surface area contributed by atoms with Crippen molar-refractivity contribution >= 4 is 35.0 Å². The van der Waals surface area contributed by atoms with Gasteiger partial charge in [0.1, 0.15) is 0 Å². The summed E-state index contributed by atoms with van der Waals surface area (Å²) in [6, 6.07) is 10.3. The second kappa shape index (κ2) is 9.73. The minimum atomic E-state index is -0.475. The molecule has 3 rings (SSSR count). The van der Waals surface area contributed by atoms with E-state index in [1.165, 1.54) is 21.3 Å². The van der Waals surface area contributed by atoms with Crippen LogP contribution in [0.4, 0.5) is 5.69 Å². The molecule has 0 radical (unpaired) electrons. The Morgan fingerprint density at radius 2 is 1.80 bits per heavy atom. The minimum absolute atomic E-state index is 0.213. The van der Waals surface area contributed by atoms with Gasteiger partial charge in [0.05, 0.1) is 26.6 Å². The molecule has 0 aliphatic heterocycles. The lowest BCUT2D eigenvalue weighted by atomic mass is 10.2. The van der Waals surface area contributed by atoms with Gasteiger partial charge in [-0.2, -0.15) is 0 Å². The Hall–Kier alpha value is -2.91. The van der Waals surface area contributed by atoms with Gasteiger partial charge >= 0.3 is 0 Å². The first kappa shape index (κ1) is 21.8. The average Bonchev–Trinajstić information content (AvgIpc) is 3.21. The number of nitrogens with zero attached hydrogens (tertiary/aromatic N) is 2. The predicted octanol–water partition coefficient (Wildman–Crippen LogP) is 4.54. The number of anilines is 1. The molecule has 0 aliphatic rings. The maximum absolute atomic E-state index is 12.4. The van der Waals surface area contributed by atoms with Crippen molar-refractivity contribution < 1.29 is 23.4 Å². The van der Waals surface area contributed by atoms with E-state index < -0.39 is 5.25 Å². The normalized spacial score (nSPS) is 11.6. The van der Waals surface area contributed by atoms with E-state index >= 15 is 0 Å². The van der Waals surface area contributed by atoms with Crippen molar-refractivity contribution in [1.82, 2.24) is 10.2 Å². The standard InChI is InChI=1S/C20H20ClN3O5S/c1-11(18(25)22-14-7-5-6-13(21)10-14)30-20-24-23-19(29-20)12-8-15(26-2)17(28-4)16(9-12)27-3/h5-11H,1-4H3,(H,22,25). The molecule has 158 valence electrons. The zero-order chi connectivity index (χ0) is 21.7. The Kier molecular flexibility index (Phi) is 7.07. The van der Waals surface area contributed by atoms with Gasteiger partial charge in [-0.05, 0) is 37.3 Å². The molecule has 0 spiro atoms. The van der Waals surface area contributed by atoms with Gasteiger partial charge < -0.3 is 23.9 Å². The summed E-state index contributed by atoms with van der Waals surface area (Å²) in [7, 11) is 4.57. The smallest absolute Gasteiger partial charge is 0.277 e. The lowest BCUT2D eigenvalue weighted by molar-refractivity contribution is -0.115. The van der Waals surface area contributed by atoms with Crippen molar-refractivity contribution in [3.63, 3.8) is 0 Å². The number of hydrogen-bond acceptors (Lipinski definition) is 8. The predicted molar refractivity (Wildman–Crippen MR) is 115 cm³/mol. The Labute approximate surface area is 182 Å². The molecule has 1 atom stereocenters. The second-order valence-corrected chi connectivity index (χ2v) is 7.78. The Morgan fingerprint density at radius 3 is 2.40 bits per heavy atom. The van der Waals surface area contributed by atoms with Crippen LogP contribution in [0, 0.1) is 0 Å². The fraction of sp³-hybridized carbons (Fsp3) is 0.250. The zero-order valence-electron chi connectivity index (χ0n) is 16.8. The first-order chi connectivity index (χ1) is 14.4. The summed E-state index contributed by atoms with van der Waals surface area (Å²) in [5.74, 6) is 1.44. The highest BCUT2D eigenvalue weighted by Gasteiger charge is 2.21. The molecule has 1 unspecified atom stereocenters. The van der Waals surface area contributed by atoms with Gasteiger partial charge in [-0.15, -0.1) is 10.2 Å². The number of rotatable bonds is 8. The fourth-order valence-electron chi connectivity index (χ4n) is 2.59. The van der Waals surface area contributed by atoms with Crippen LogP contribution in [0.5, 0.6) is 17.2 Å². The van der Waals surface area contributed by atoms with Crippen molar-refractivity contribution in [1.29, 1.82) is 0 Å². The van der Waals surface area contributed by atoms with Gasteiger partial charge in [0.15, 0.2) is 11.5 Å². The van der Waals surface area contributed by atoms with E-state index in [2.05, 4.69) is 15.5 Å². The topological polar surface area (TPSA) is 95.7 Å². The van der Waals surface area contributed by atoms with Crippen LogP contribution in [0.2, 0.25) is 5.02 Å². The van der Waals surface area contributed by atoms with E-state index in [0.717, 1.165) is 11.8 Å². The lowest BCUT2D eigenvalue weighted by Gasteiger charge is -2.12. The van der Waals surface area contributed by atoms with Crippen LogP contribution in [0.3, 0.4) is 0 Å². The summed E-state index contributed by atoms with van der Waals surface area (Å²) >= 11 is 7.09. The molecule has 30 heavy (non-hydrogen) atoms. The number of hydrogen-bond donors (Lipinski definition) is 1. The number of thioether (sulfide) groups is 1. The number of aromatic nitrogens is 2. The van der Waals surface area contributed by atoms with Crippen molar-refractivity contribution in [3.8, 4) is 28.7 Å². The molecule has 3 aromatic rings. The van der Waals surface area contributed by atoms with Crippen molar-refractivity contribution in [2.24, 2.45) is 0 Å². The molecule has 0 saturated carbocycles. The summed E-state index contributed by atoms with van der Waals surface area (Å²) < 4.78 is 21.7. The molecule has 0 saturated heterocycles. The summed E-state index contributed by atoms with van der Waals surface area (Å²) in [6.45, 7) is 1.74. The molecule has 0 aliphatic carbocycles. The van der Waals surface area contributed by atoms with Crippen LogP contribution in [0.1, 0.15) is 6.92 Å². The van der Waals surface area contributed by atoms with Crippen LogP contribution >= 0.6 is 23.4 Å². The number of carbonyl (C=O) groups excluding carboxylic acids is 1. The van der Waals surface area contributed by atoms with E-state index in [1.54, 1.807) is 43.3 Å². The molecule has 1 aromatic heterocycles. The highest BCUT2D eigenvalue weighted by molar-refractivity contribution is 8.00. The maximum atomic E-state index is 12.4. The molecular formula is C20H20ClN3O5S. The van der Waals surface area contributed by atoms with Crippen LogP contribution in [-0.4, -0.2) is 42.7 Å². The van der Waals surface area contributed by atoms with Gasteiger partial charge in [0.25, 0.3) is 5.22 Å². The molecule has 1 N–H and O–H groups in total. The van der Waals surface area contributed by atoms with Crippen molar-refractivity contribution in [2.75, 3.05) is 26.6 Å². The largest absolute Gasteiger partial charge is 0.493 e. The lowest BCUT2D eigenvalue weighted by Crippen LogP contribution is -2.22. The van der Waals surface area contributed by atoms with E-state index in [1.807, 2.05) is 0 Å². The third-order valence-electron chi connectivity index (χ3n) is 4.06. The summed E-state index contributed by atoms with van der Waals surface area (Å²) in [5.41, 5.74) is 1.21. The molecule has 8 nitrogen and oxygen atoms in total. The van der Waals surface area contributed by atoms with Gasteiger partial charge in [-0.3, -0.25) is 4.79 Å². The monoisotopic (exact) mass is 449 g/mol. The van der Waals surface area contributed by atoms with Gasteiger partial charge in [-0.25, -0.2) is 0 Å². The number of halogens is 1. The molecule has 1 amide bonds. The third-order valence-corrected chi connectivity index (χ3v) is 5.23. The van der Waals surface area contributed by atoms with Crippen molar-refractivity contribution in [2.45, 2.75) is 17.4 Å². The number of ether oxygens (including phenoxy) is 3. The zero-order valence-corrected chi connectivity index (χ0v) is 18.3. The third kappa shape index (κ3) is 4.98. The molecule has 2 aromatic carbocycles. The van der Waals surface area contributed by atoms with Crippen molar-refractivity contribution in [3.05, 3.63) is 41.4 Å². The number of benzene rings is 2. The quantitative estimate of drug-likeness (QED) is 0.501. The molecule has 1 heterocycles. The highest BCUT2D eigenvalue weighted by Crippen LogP contribution is 2.41. The van der Waals surface area contributed by atoms with Crippen LogP contribution < -0.4 is 19.5 Å². The SMILES string of the molecule is COc1cc(-c2nnc(SC(C)C(=O)Nc3cccc(Cl)c3)o2)cc(OC)c1OC. The van der Waals surface area contributed by atoms with Gasteiger partial charge in [0.2, 0.25) is 17.5 Å².